The summed E-state index contributed by atoms with van der Waals surface area (Å²) in [5.74, 6) is 2.82. The van der Waals surface area contributed by atoms with Gasteiger partial charge in [0.25, 0.3) is 5.56 Å². The lowest BCUT2D eigenvalue weighted by molar-refractivity contribution is -0.172. The highest BCUT2D eigenvalue weighted by molar-refractivity contribution is 5.90. The smallest absolute Gasteiger partial charge is 0.343 e. The molecule has 3 aliphatic rings. The van der Waals surface area contributed by atoms with Gasteiger partial charge in [-0.25, -0.2) is 9.78 Å². The monoisotopic (exact) mass is 933 g/mol. The van der Waals surface area contributed by atoms with E-state index in [9.17, 15) is 24.3 Å². The molecule has 0 fully saturated rings. The maximum Gasteiger partial charge on any atom is 0.343 e. The SMILES string of the molecule is CCc1c2c(nc3ccc(OC(=O)CCCCC(=O)Oc4c(C)c(C)c5c(c4C)CC[C@@](C)(CCC[C@H](C)CCC[C@H](C)CCCC(C)C)O5)cc13)-c1cc3c(c(=O)n1C2)COC(=O)[C@]3(O)CC. The Morgan fingerprint density at radius 2 is 1.49 bits per heavy atom. The molecule has 7 rings (SSSR count). The second-order valence-electron chi connectivity index (χ2n) is 21.1. The fourth-order valence-electron chi connectivity index (χ4n) is 10.9. The van der Waals surface area contributed by atoms with E-state index in [2.05, 4.69) is 41.5 Å². The lowest BCUT2D eigenvalue weighted by Crippen LogP contribution is -2.44. The average Bonchev–Trinajstić information content (AvgIpc) is 3.67. The number of pyridine rings is 2. The van der Waals surface area contributed by atoms with Crippen molar-refractivity contribution in [2.75, 3.05) is 0 Å². The van der Waals surface area contributed by atoms with Gasteiger partial charge in [0.15, 0.2) is 5.60 Å². The van der Waals surface area contributed by atoms with Crippen LogP contribution >= 0.6 is 0 Å². The molecule has 0 spiro atoms. The molecule has 4 atom stereocenters. The quantitative estimate of drug-likeness (QED) is 0.0429. The predicted octanol–water partition coefficient (Wildman–Crippen LogP) is 12.2. The summed E-state index contributed by atoms with van der Waals surface area (Å²) in [5, 5.41) is 12.1. The van der Waals surface area contributed by atoms with Crippen molar-refractivity contribution in [3.05, 3.63) is 79.1 Å². The number of ether oxygens (including phenoxy) is 4. The van der Waals surface area contributed by atoms with Gasteiger partial charge in [-0.3, -0.25) is 14.4 Å². The molecule has 0 saturated carbocycles. The van der Waals surface area contributed by atoms with Gasteiger partial charge in [-0.1, -0.05) is 86.5 Å². The first-order valence-electron chi connectivity index (χ1n) is 25.7. The number of hydrogen-bond acceptors (Lipinski definition) is 10. The number of benzene rings is 2. The molecule has 368 valence electrons. The van der Waals surface area contributed by atoms with Crippen molar-refractivity contribution < 1.29 is 38.4 Å². The van der Waals surface area contributed by atoms with Crippen molar-refractivity contribution in [2.45, 2.75) is 203 Å². The molecule has 0 radical (unpaired) electrons. The second kappa shape index (κ2) is 21.3. The Labute approximate surface area is 403 Å². The third-order valence-electron chi connectivity index (χ3n) is 15.4. The number of esters is 3. The zero-order chi connectivity index (χ0) is 49.1. The van der Waals surface area contributed by atoms with Crippen molar-refractivity contribution in [3.8, 4) is 28.6 Å². The molecule has 68 heavy (non-hydrogen) atoms. The van der Waals surface area contributed by atoms with Gasteiger partial charge in [0.2, 0.25) is 0 Å². The third-order valence-corrected chi connectivity index (χ3v) is 15.4. The van der Waals surface area contributed by atoms with Crippen LogP contribution in [0, 0.1) is 38.5 Å². The van der Waals surface area contributed by atoms with Crippen LogP contribution in [0.1, 0.15) is 189 Å². The van der Waals surface area contributed by atoms with Crippen molar-refractivity contribution in [2.24, 2.45) is 17.8 Å². The summed E-state index contributed by atoms with van der Waals surface area (Å²) in [5.41, 5.74) is 5.85. The molecule has 11 nitrogen and oxygen atoms in total. The predicted molar refractivity (Wildman–Crippen MR) is 266 cm³/mol. The number of aryl methyl sites for hydroxylation is 1. The topological polar surface area (TPSA) is 143 Å². The Bertz CT molecular complexity index is 2610. The third kappa shape index (κ3) is 10.7. The number of aliphatic hydroxyl groups is 1. The molecule has 0 unspecified atom stereocenters. The van der Waals surface area contributed by atoms with Crippen molar-refractivity contribution in [1.29, 1.82) is 0 Å². The standard InChI is InChI=1S/C57H76N2O9/c1-11-41-43-30-40(25-26-47(43)58-51-44(41)32-59-48(51)31-46-45(54(59)62)33-65-55(63)57(46,64)12-2)66-49(60)23-13-14-24-50(61)67-52-37(7)38(8)53-42(39(52)9)27-29-56(10,68-53)28-17-22-36(6)21-16-20-35(5)19-15-18-34(3)4/h25-26,30-31,34-36,64H,11-24,27-29,32-33H2,1-10H3/t35-,36-,56-,57+/m1/s1. The first-order chi connectivity index (χ1) is 32.4. The lowest BCUT2D eigenvalue weighted by atomic mass is 9.83. The molecule has 5 heterocycles. The number of fused-ring (bicyclic) bond motifs is 6. The fraction of sp³-hybridized carbons (Fsp3) is 0.596. The number of unbranched alkanes of at least 4 members (excludes halogenated alkanes) is 1. The van der Waals surface area contributed by atoms with Gasteiger partial charge in [-0.2, -0.15) is 0 Å². The van der Waals surface area contributed by atoms with Crippen LogP contribution in [-0.4, -0.2) is 38.2 Å². The van der Waals surface area contributed by atoms with Gasteiger partial charge >= 0.3 is 17.9 Å². The number of cyclic esters (lactones) is 1. The number of hydrogen-bond donors (Lipinski definition) is 1. The van der Waals surface area contributed by atoms with E-state index in [1.807, 2.05) is 26.8 Å². The van der Waals surface area contributed by atoms with Crippen LogP contribution in [0.5, 0.6) is 17.2 Å². The molecule has 3 aliphatic heterocycles. The summed E-state index contributed by atoms with van der Waals surface area (Å²) in [6.45, 7) is 21.6. The number of nitrogens with zero attached hydrogens (tertiary/aromatic N) is 2. The minimum absolute atomic E-state index is 0.0672. The van der Waals surface area contributed by atoms with E-state index in [0.29, 0.717) is 47.7 Å². The van der Waals surface area contributed by atoms with Crippen LogP contribution in [0.4, 0.5) is 0 Å². The van der Waals surface area contributed by atoms with E-state index in [4.69, 9.17) is 23.9 Å². The van der Waals surface area contributed by atoms with Crippen LogP contribution in [0.2, 0.25) is 0 Å². The highest BCUT2D eigenvalue weighted by Gasteiger charge is 2.45. The molecule has 2 aromatic carbocycles. The summed E-state index contributed by atoms with van der Waals surface area (Å²) >= 11 is 0. The maximum atomic E-state index is 13.7. The highest BCUT2D eigenvalue weighted by atomic mass is 16.6. The van der Waals surface area contributed by atoms with E-state index in [1.165, 1.54) is 44.9 Å². The lowest BCUT2D eigenvalue weighted by Gasteiger charge is -2.38. The maximum absolute atomic E-state index is 13.7. The largest absolute Gasteiger partial charge is 0.487 e. The summed E-state index contributed by atoms with van der Waals surface area (Å²) < 4.78 is 25.5. The molecule has 0 saturated heterocycles. The number of rotatable bonds is 21. The summed E-state index contributed by atoms with van der Waals surface area (Å²) in [4.78, 5) is 57.6. The minimum atomic E-state index is -1.90. The van der Waals surface area contributed by atoms with Crippen LogP contribution in [-0.2, 0) is 50.7 Å². The van der Waals surface area contributed by atoms with Crippen molar-refractivity contribution in [3.63, 3.8) is 0 Å². The minimum Gasteiger partial charge on any atom is -0.487 e. The Hall–Kier alpha value is -5.03. The molecule has 2 aromatic heterocycles. The summed E-state index contributed by atoms with van der Waals surface area (Å²) in [7, 11) is 0. The van der Waals surface area contributed by atoms with E-state index < -0.39 is 17.5 Å². The average molecular weight is 933 g/mol. The highest BCUT2D eigenvalue weighted by Crippen LogP contribution is 2.46. The molecule has 1 N–H and O–H groups in total. The van der Waals surface area contributed by atoms with Gasteiger partial charge in [0.1, 0.15) is 29.5 Å². The van der Waals surface area contributed by atoms with Crippen LogP contribution in [0.25, 0.3) is 22.3 Å². The Kier molecular flexibility index (Phi) is 15.9. The Balaban J connectivity index is 0.890. The van der Waals surface area contributed by atoms with Gasteiger partial charge in [0.05, 0.1) is 29.0 Å². The van der Waals surface area contributed by atoms with E-state index in [-0.39, 0.29) is 60.7 Å². The second-order valence-corrected chi connectivity index (χ2v) is 21.1. The Morgan fingerprint density at radius 3 is 2.15 bits per heavy atom. The molecule has 11 heteroatoms. The van der Waals surface area contributed by atoms with Crippen molar-refractivity contribution in [1.82, 2.24) is 9.55 Å². The molecular formula is C57H76N2O9. The van der Waals surface area contributed by atoms with Gasteiger partial charge in [-0.15, -0.1) is 0 Å². The zero-order valence-electron chi connectivity index (χ0n) is 42.6. The molecule has 0 amide bonds. The summed E-state index contributed by atoms with van der Waals surface area (Å²) in [6, 6.07) is 7.02. The number of aromatic nitrogens is 2. The number of carbonyl (C=O) groups excluding carboxylic acids is 3. The van der Waals surface area contributed by atoms with Gasteiger partial charge in [0, 0.05) is 34.9 Å². The van der Waals surface area contributed by atoms with Gasteiger partial charge < -0.3 is 28.6 Å². The fourth-order valence-corrected chi connectivity index (χ4v) is 10.9. The van der Waals surface area contributed by atoms with Gasteiger partial charge in [-0.05, 0) is 143 Å². The van der Waals surface area contributed by atoms with E-state index in [1.54, 1.807) is 29.7 Å². The van der Waals surface area contributed by atoms with Crippen LogP contribution in [0.15, 0.2) is 29.1 Å². The zero-order valence-corrected chi connectivity index (χ0v) is 42.6. The Morgan fingerprint density at radius 1 is 0.824 bits per heavy atom. The van der Waals surface area contributed by atoms with Crippen LogP contribution < -0.4 is 19.8 Å². The van der Waals surface area contributed by atoms with Crippen molar-refractivity contribution >= 4 is 28.8 Å². The summed E-state index contributed by atoms with van der Waals surface area (Å²) in [6.07, 6.45) is 15.2. The van der Waals surface area contributed by atoms with Crippen LogP contribution in [0.3, 0.4) is 0 Å². The molecule has 4 aromatic rings. The first kappa shape index (κ1) is 50.8. The molecular weight excluding hydrogens is 857 g/mol. The van der Waals surface area contributed by atoms with E-state index >= 15 is 0 Å². The molecule has 0 bridgehead atoms. The normalized spacial score (nSPS) is 19.1. The number of carbonyl (C=O) groups is 3. The first-order valence-corrected chi connectivity index (χ1v) is 25.7. The molecule has 0 aliphatic carbocycles. The van der Waals surface area contributed by atoms with E-state index in [0.717, 1.165) is 88.0 Å².